The van der Waals surface area contributed by atoms with Crippen LogP contribution >= 0.6 is 0 Å². The van der Waals surface area contributed by atoms with E-state index >= 15 is 0 Å². The van der Waals surface area contributed by atoms with E-state index in [9.17, 15) is 14.9 Å². The Labute approximate surface area is 176 Å². The van der Waals surface area contributed by atoms with E-state index in [1.54, 1.807) is 31.4 Å². The summed E-state index contributed by atoms with van der Waals surface area (Å²) in [5.74, 6) is 0.300. The van der Waals surface area contributed by atoms with Crippen LogP contribution < -0.4 is 14.8 Å². The van der Waals surface area contributed by atoms with Gasteiger partial charge in [-0.1, -0.05) is 12.1 Å². The van der Waals surface area contributed by atoms with Crippen molar-refractivity contribution in [1.29, 1.82) is 0 Å². The average molecular weight is 419 g/mol. The Kier molecular flexibility index (Phi) is 5.43. The molecule has 0 spiro atoms. The van der Waals surface area contributed by atoms with Gasteiger partial charge in [-0.25, -0.2) is 0 Å². The second-order valence-electron chi connectivity index (χ2n) is 6.45. The van der Waals surface area contributed by atoms with Crippen LogP contribution in [-0.2, 0) is 4.79 Å². The molecule has 0 aliphatic rings. The van der Waals surface area contributed by atoms with E-state index in [2.05, 4.69) is 15.5 Å². The van der Waals surface area contributed by atoms with E-state index in [0.29, 0.717) is 16.7 Å². The van der Waals surface area contributed by atoms with E-state index in [0.717, 1.165) is 11.4 Å². The molecule has 4 aromatic rings. The number of methoxy groups -OCH3 is 1. The van der Waals surface area contributed by atoms with Crippen LogP contribution in [0.2, 0.25) is 0 Å². The molecule has 1 amide bonds. The normalized spacial score (nSPS) is 10.6. The number of nitrogens with zero attached hydrogens (tertiary/aromatic N) is 4. The van der Waals surface area contributed by atoms with Crippen LogP contribution in [-0.4, -0.2) is 39.5 Å². The van der Waals surface area contributed by atoms with Crippen molar-refractivity contribution in [1.82, 2.24) is 15.0 Å². The summed E-state index contributed by atoms with van der Waals surface area (Å²) in [6, 6.07) is 18.3. The smallest absolute Gasteiger partial charge is 0.310 e. The maximum atomic E-state index is 12.2. The summed E-state index contributed by atoms with van der Waals surface area (Å²) in [4.78, 5) is 24.2. The zero-order valence-electron chi connectivity index (χ0n) is 16.4. The fourth-order valence-electron chi connectivity index (χ4n) is 2.89. The number of carbonyl (C=O) groups excluding carboxylic acids is 1. The average Bonchev–Trinajstić information content (AvgIpc) is 3.21. The van der Waals surface area contributed by atoms with Gasteiger partial charge < -0.3 is 14.8 Å². The van der Waals surface area contributed by atoms with Crippen LogP contribution in [0.25, 0.3) is 16.7 Å². The highest BCUT2D eigenvalue weighted by molar-refractivity contribution is 5.93. The van der Waals surface area contributed by atoms with Crippen molar-refractivity contribution in [3.63, 3.8) is 0 Å². The Hall–Kier alpha value is -4.47. The van der Waals surface area contributed by atoms with E-state index in [1.165, 1.54) is 23.0 Å². The number of nitro groups is 1. The summed E-state index contributed by atoms with van der Waals surface area (Å²) in [6.07, 6.45) is 0. The van der Waals surface area contributed by atoms with Crippen molar-refractivity contribution < 1.29 is 19.2 Å². The number of benzene rings is 3. The number of fused-ring (bicyclic) bond motifs is 1. The molecular formula is C21H17N5O5. The van der Waals surface area contributed by atoms with E-state index < -0.39 is 10.8 Å². The first-order valence-electron chi connectivity index (χ1n) is 9.21. The van der Waals surface area contributed by atoms with Gasteiger partial charge in [0.2, 0.25) is 0 Å². The predicted octanol–water partition coefficient (Wildman–Crippen LogP) is 3.35. The monoisotopic (exact) mass is 419 g/mol. The first kappa shape index (κ1) is 19.8. The molecule has 0 unspecified atom stereocenters. The Morgan fingerprint density at radius 3 is 2.55 bits per heavy atom. The fourth-order valence-corrected chi connectivity index (χ4v) is 2.89. The molecule has 0 saturated heterocycles. The third-order valence-electron chi connectivity index (χ3n) is 4.39. The predicted molar refractivity (Wildman–Crippen MR) is 113 cm³/mol. The Morgan fingerprint density at radius 1 is 1.06 bits per heavy atom. The molecule has 1 heterocycles. The molecule has 0 aliphatic heterocycles. The number of anilines is 1. The number of rotatable bonds is 7. The zero-order chi connectivity index (χ0) is 21.8. The number of nitro benzene ring substituents is 1. The van der Waals surface area contributed by atoms with Gasteiger partial charge in [-0.2, -0.15) is 4.80 Å². The fraction of sp³-hybridized carbons (Fsp3) is 0.0952. The molecule has 3 aromatic carbocycles. The maximum absolute atomic E-state index is 12.2. The minimum atomic E-state index is -0.562. The van der Waals surface area contributed by atoms with E-state index in [4.69, 9.17) is 9.47 Å². The third kappa shape index (κ3) is 4.42. The summed E-state index contributed by atoms with van der Waals surface area (Å²) >= 11 is 0. The van der Waals surface area contributed by atoms with Gasteiger partial charge in [-0.3, -0.25) is 14.9 Å². The van der Waals surface area contributed by atoms with E-state index in [1.807, 2.05) is 24.3 Å². The third-order valence-corrected chi connectivity index (χ3v) is 4.39. The summed E-state index contributed by atoms with van der Waals surface area (Å²) in [6.45, 7) is -0.374. The van der Waals surface area contributed by atoms with Gasteiger partial charge in [0.25, 0.3) is 5.91 Å². The summed E-state index contributed by atoms with van der Waals surface area (Å²) < 4.78 is 10.5. The molecule has 0 aliphatic carbocycles. The van der Waals surface area contributed by atoms with Crippen LogP contribution in [0.3, 0.4) is 0 Å². The van der Waals surface area contributed by atoms with Gasteiger partial charge in [0.05, 0.1) is 17.7 Å². The lowest BCUT2D eigenvalue weighted by atomic mass is 10.2. The Morgan fingerprint density at radius 2 is 1.81 bits per heavy atom. The number of hydrogen-bond donors (Lipinski definition) is 1. The van der Waals surface area contributed by atoms with Gasteiger partial charge in [-0.15, -0.1) is 10.2 Å². The molecule has 0 saturated carbocycles. The largest absolute Gasteiger partial charge is 0.497 e. The minimum absolute atomic E-state index is 0.0283. The summed E-state index contributed by atoms with van der Waals surface area (Å²) in [7, 11) is 1.59. The highest BCUT2D eigenvalue weighted by Gasteiger charge is 2.15. The number of ether oxygens (including phenoxy) is 2. The van der Waals surface area contributed by atoms with Crippen LogP contribution in [0, 0.1) is 10.1 Å². The second kappa shape index (κ2) is 8.49. The maximum Gasteiger partial charge on any atom is 0.310 e. The number of aromatic nitrogens is 3. The highest BCUT2D eigenvalue weighted by Crippen LogP contribution is 2.26. The first-order chi connectivity index (χ1) is 15.0. The molecule has 4 rings (SSSR count). The lowest BCUT2D eigenvalue weighted by Crippen LogP contribution is -2.20. The van der Waals surface area contributed by atoms with Crippen LogP contribution in [0.15, 0.2) is 66.7 Å². The summed E-state index contributed by atoms with van der Waals surface area (Å²) in [5, 5.41) is 22.6. The standard InChI is InChI=1S/C21H17N5O5/c1-30-16-9-7-15(8-10-16)25-23-17-11-6-14(12-18(17)24-25)22-21(27)13-31-20-5-3-2-4-19(20)26(28)29/h2-12H,13H2,1H3,(H,22,27). The summed E-state index contributed by atoms with van der Waals surface area (Å²) in [5.41, 5.74) is 2.32. The van der Waals surface area contributed by atoms with Crippen molar-refractivity contribution in [2.24, 2.45) is 0 Å². The van der Waals surface area contributed by atoms with E-state index in [-0.39, 0.29) is 18.0 Å². The van der Waals surface area contributed by atoms with Gasteiger partial charge in [0, 0.05) is 11.8 Å². The molecule has 31 heavy (non-hydrogen) atoms. The van der Waals surface area contributed by atoms with Gasteiger partial charge >= 0.3 is 5.69 Å². The first-order valence-corrected chi connectivity index (χ1v) is 9.21. The molecule has 0 bridgehead atoms. The van der Waals surface area contributed by atoms with Crippen LogP contribution in [0.4, 0.5) is 11.4 Å². The van der Waals surface area contributed by atoms with Gasteiger partial charge in [0.1, 0.15) is 16.8 Å². The number of para-hydroxylation sites is 2. The lowest BCUT2D eigenvalue weighted by molar-refractivity contribution is -0.385. The molecular weight excluding hydrogens is 402 g/mol. The van der Waals surface area contributed by atoms with Gasteiger partial charge in [-0.05, 0) is 48.5 Å². The number of carbonyl (C=O) groups is 1. The van der Waals surface area contributed by atoms with Crippen molar-refractivity contribution >= 4 is 28.3 Å². The molecule has 0 radical (unpaired) electrons. The molecule has 156 valence electrons. The number of hydrogen-bond acceptors (Lipinski definition) is 7. The molecule has 0 atom stereocenters. The van der Waals surface area contributed by atoms with Crippen molar-refractivity contribution in [3.05, 3.63) is 76.8 Å². The minimum Gasteiger partial charge on any atom is -0.497 e. The lowest BCUT2D eigenvalue weighted by Gasteiger charge is -2.07. The molecule has 0 fully saturated rings. The van der Waals surface area contributed by atoms with Crippen molar-refractivity contribution in [2.45, 2.75) is 0 Å². The number of amides is 1. The van der Waals surface area contributed by atoms with Crippen molar-refractivity contribution in [3.8, 4) is 17.2 Å². The highest BCUT2D eigenvalue weighted by atomic mass is 16.6. The Bertz CT molecular complexity index is 1250. The zero-order valence-corrected chi connectivity index (χ0v) is 16.4. The molecule has 1 N–H and O–H groups in total. The number of nitrogens with one attached hydrogen (secondary N) is 1. The topological polar surface area (TPSA) is 121 Å². The quantitative estimate of drug-likeness (QED) is 0.360. The SMILES string of the molecule is COc1ccc(-n2nc3ccc(NC(=O)COc4ccccc4[N+](=O)[O-])cc3n2)cc1. The Balaban J connectivity index is 1.45. The second-order valence-corrected chi connectivity index (χ2v) is 6.45. The van der Waals surface area contributed by atoms with Crippen molar-refractivity contribution in [2.75, 3.05) is 19.0 Å². The molecule has 10 heteroatoms. The molecule has 10 nitrogen and oxygen atoms in total. The van der Waals surface area contributed by atoms with Crippen LogP contribution in [0.1, 0.15) is 0 Å². The van der Waals surface area contributed by atoms with Crippen LogP contribution in [0.5, 0.6) is 11.5 Å². The van der Waals surface area contributed by atoms with Gasteiger partial charge in [0.15, 0.2) is 12.4 Å². The molecule has 1 aromatic heterocycles.